The van der Waals surface area contributed by atoms with Gasteiger partial charge in [-0.15, -0.1) is 0 Å². The molecule has 21 atom stereocenters. The van der Waals surface area contributed by atoms with Gasteiger partial charge in [0.15, 0.2) is 24.4 Å². The smallest absolute Gasteiger partial charge is 0.312 e. The van der Waals surface area contributed by atoms with E-state index in [1.54, 1.807) is 27.7 Å². The van der Waals surface area contributed by atoms with Crippen LogP contribution in [0.1, 0.15) is 511 Å². The second-order valence-corrected chi connectivity index (χ2v) is 47.8. The van der Waals surface area contributed by atoms with Gasteiger partial charge in [0, 0.05) is 18.8 Å². The quantitative estimate of drug-likeness (QED) is 0.0396. The van der Waals surface area contributed by atoms with Crippen molar-refractivity contribution in [3.8, 4) is 0 Å². The number of ether oxygens (including phenoxy) is 10. The number of carboxylic acids is 2. The van der Waals surface area contributed by atoms with E-state index in [1.165, 1.54) is 51.4 Å². The summed E-state index contributed by atoms with van der Waals surface area (Å²) in [7, 11) is 0. The van der Waals surface area contributed by atoms with Gasteiger partial charge in [0.2, 0.25) is 0 Å². The van der Waals surface area contributed by atoms with Gasteiger partial charge in [0.05, 0.1) is 78.6 Å². The lowest BCUT2D eigenvalue weighted by Crippen LogP contribution is -2.61. The summed E-state index contributed by atoms with van der Waals surface area (Å²) in [5, 5.41) is 38.2. The molecule has 6 saturated heterocycles. The SMILES string of the molecule is C.C.C.C.C.C.C.C.C.C.C.C.C.C.C.C.CCC(C)(C)C(=O)O.CCC(C)(C)C(=O)O.CCC(C)(C)C(=O)OC1(CC)CC2CC1C1C3CCC(C3)C21.CCC(C)(C)C(=O)OC12CC3CC(CC(O)(C3)C1)C2.CCC(C)(C)C(=O)OC12CC3CC(CC(O)(C3)C1)C2.CCC(C)(C)C(=O)OC1C2CC3C(=O)OC1C3O2.CCC(C)(C)C(=O)OC1C2CC3C(=O)OC1C3O2.CCC1(OC(=O)C(C)(C)CC)CCCC1. The fraction of sp³-hybridized carbons (Fsp3) is 0.916. The average Bonchev–Trinajstić information content (AvgIpc) is 1.50. The number of carboxylic acid groups (broad SMARTS) is 2. The Morgan fingerprint density at radius 1 is 0.329 bits per heavy atom. The summed E-state index contributed by atoms with van der Waals surface area (Å²) < 4.78 is 56.9. The molecule has 6 aliphatic heterocycles. The van der Waals surface area contributed by atoms with Gasteiger partial charge >= 0.3 is 59.7 Å². The van der Waals surface area contributed by atoms with Crippen LogP contribution in [0.2, 0.25) is 0 Å². The number of esters is 8. The molecule has 143 heavy (non-hydrogen) atoms. The maximum Gasteiger partial charge on any atom is 0.312 e. The zero-order valence-corrected chi connectivity index (χ0v) is 82.8. The zero-order valence-electron chi connectivity index (χ0n) is 82.8. The lowest BCUT2D eigenvalue weighted by atomic mass is 9.52. The molecule has 21 unspecified atom stereocenters. The molecule has 6 heterocycles. The van der Waals surface area contributed by atoms with Crippen LogP contribution in [0.5, 0.6) is 0 Å². The van der Waals surface area contributed by atoms with Crippen LogP contribution in [0, 0.1) is 114 Å². The monoisotopic (exact) mass is 2050 g/mol. The van der Waals surface area contributed by atoms with Crippen LogP contribution < -0.4 is 0 Å². The van der Waals surface area contributed by atoms with Crippen LogP contribution in [0.25, 0.3) is 0 Å². The maximum absolute atomic E-state index is 12.7. The third kappa shape index (κ3) is 32.1. The predicted molar refractivity (Wildman–Crippen MR) is 586 cm³/mol. The normalized spacial score (nSPS) is 33.0. The first-order chi connectivity index (χ1) is 58.8. The highest BCUT2D eigenvalue weighted by Gasteiger charge is 2.70. The molecular weight excluding hydrogens is 1810 g/mol. The number of carbonyl (C=O) groups excluding carboxylic acids is 8. The van der Waals surface area contributed by atoms with Crippen LogP contribution in [0.4, 0.5) is 0 Å². The minimum Gasteiger partial charge on any atom is -0.481 e. The molecule has 0 spiro atoms. The van der Waals surface area contributed by atoms with Gasteiger partial charge in [-0.1, -0.05) is 188 Å². The summed E-state index contributed by atoms with van der Waals surface area (Å²) in [6, 6.07) is 0. The summed E-state index contributed by atoms with van der Waals surface area (Å²) in [5.74, 6) is 4.82. The number of hydrogen-bond donors (Lipinski definition) is 4. The van der Waals surface area contributed by atoms with Gasteiger partial charge in [-0.05, 0) is 363 Å². The van der Waals surface area contributed by atoms with Crippen LogP contribution in [-0.2, 0) is 95.3 Å². The first-order valence-electron chi connectivity index (χ1n) is 49.8. The van der Waals surface area contributed by atoms with Crippen molar-refractivity contribution < 1.29 is 116 Å². The molecule has 19 rings (SSSR count). The second-order valence-electron chi connectivity index (χ2n) is 47.8. The van der Waals surface area contributed by atoms with E-state index >= 15 is 0 Å². The van der Waals surface area contributed by atoms with E-state index in [1.807, 2.05) is 132 Å². The minimum absolute atomic E-state index is 0. The lowest BCUT2D eigenvalue weighted by Gasteiger charge is -2.59. The molecule has 0 radical (unpaired) electrons. The highest BCUT2D eigenvalue weighted by atomic mass is 16.7. The van der Waals surface area contributed by atoms with E-state index in [0.29, 0.717) is 81.0 Å². The third-order valence-electron chi connectivity index (χ3n) is 35.4. The van der Waals surface area contributed by atoms with Crippen LogP contribution in [0.15, 0.2) is 0 Å². The van der Waals surface area contributed by atoms with Crippen molar-refractivity contribution in [1.82, 2.24) is 0 Å². The molecule has 0 aromatic rings. The Morgan fingerprint density at radius 2 is 0.615 bits per heavy atom. The summed E-state index contributed by atoms with van der Waals surface area (Å²) >= 11 is 0. The highest BCUT2D eigenvalue weighted by Crippen LogP contribution is 2.71. The molecular formula is C119H232O24. The highest BCUT2D eigenvalue weighted by molar-refractivity contribution is 5.81. The van der Waals surface area contributed by atoms with Crippen molar-refractivity contribution in [2.75, 3.05) is 0 Å². The molecule has 0 aromatic heterocycles. The van der Waals surface area contributed by atoms with Crippen molar-refractivity contribution in [3.63, 3.8) is 0 Å². The van der Waals surface area contributed by atoms with Crippen molar-refractivity contribution in [2.45, 2.75) is 593 Å². The van der Waals surface area contributed by atoms with Crippen molar-refractivity contribution in [1.29, 1.82) is 0 Å². The molecule has 13 saturated carbocycles. The Morgan fingerprint density at radius 3 is 0.888 bits per heavy atom. The summed E-state index contributed by atoms with van der Waals surface area (Å²) in [6.45, 7) is 50.3. The lowest BCUT2D eigenvalue weighted by molar-refractivity contribution is -0.226. The Kier molecular flexibility index (Phi) is 59.0. The Balaban J connectivity index is -0.000000295. The van der Waals surface area contributed by atoms with Gasteiger partial charge in [-0.2, -0.15) is 0 Å². The Bertz CT molecular complexity index is 3730. The van der Waals surface area contributed by atoms with Crippen LogP contribution in [-0.4, -0.2) is 163 Å². The van der Waals surface area contributed by atoms with E-state index in [2.05, 4.69) is 20.8 Å². The first kappa shape index (κ1) is 150. The van der Waals surface area contributed by atoms with Crippen molar-refractivity contribution in [3.05, 3.63) is 0 Å². The molecule has 4 N–H and O–H groups in total. The minimum atomic E-state index is -0.722. The topological polar surface area (TPSA) is 344 Å². The standard InChI is InChI=1S/C20H32O2.2C16H26O3.2C13H18O5.C13H24O2.2C6H12O2.16CH4/c1-5-19(3,4)18(21)22-20(6-2)11-14-10-15(20)17-13-8-7-12(9-13)16(14)17;2*1-4-14(2,3)13(17)19-16-8-11-5-12(9-16)7-15(18,6-11)10-16;2*1-4-13(2,3)12(15)18-9-7-5-6-8(16-7)10(9)17-11(6)14;1-5-12(3,4)11(14)15-13(6-2)9-7-8-10-13;2*1-4-6(2,3)5(7)8;;;;;;;;;;;;;;;;/h12-17H,5-11H2,1-4H3;2*11-12,18H,4-10H2,1-3H3;2*6-10H,4-5H2,1-3H3;5-10H2,1-4H3;2*4H2,1-3H3,(H,7,8);16*1H4. The summed E-state index contributed by atoms with van der Waals surface area (Å²) in [6.07, 6.45) is 29.6. The van der Waals surface area contributed by atoms with Crippen LogP contribution >= 0.6 is 0 Å². The Labute approximate surface area is 878 Å². The number of hydrogen-bond acceptors (Lipinski definition) is 22. The molecule has 0 aromatic carbocycles. The number of carbonyl (C=O) groups is 10. The molecule has 16 bridgehead atoms. The van der Waals surface area contributed by atoms with Gasteiger partial charge in [-0.3, -0.25) is 47.9 Å². The molecule has 19 aliphatic rings. The fourth-order valence-electron chi connectivity index (χ4n) is 24.2. The molecule has 19 fully saturated rings. The van der Waals surface area contributed by atoms with E-state index < -0.39 is 80.0 Å². The predicted octanol–water partition coefficient (Wildman–Crippen LogP) is 29.9. The van der Waals surface area contributed by atoms with Gasteiger partial charge in [0.25, 0.3) is 0 Å². The Hall–Kier alpha value is -5.46. The first-order valence-corrected chi connectivity index (χ1v) is 49.8. The van der Waals surface area contributed by atoms with Crippen LogP contribution in [0.3, 0.4) is 0 Å². The number of aliphatic carboxylic acids is 2. The molecule has 852 valence electrons. The van der Waals surface area contributed by atoms with Gasteiger partial charge < -0.3 is 67.8 Å². The third-order valence-corrected chi connectivity index (χ3v) is 35.4. The van der Waals surface area contributed by atoms with E-state index in [4.69, 9.17) is 57.6 Å². The largest absolute Gasteiger partial charge is 0.481 e. The van der Waals surface area contributed by atoms with Crippen molar-refractivity contribution >= 4 is 59.7 Å². The van der Waals surface area contributed by atoms with Gasteiger partial charge in [0.1, 0.15) is 34.6 Å². The van der Waals surface area contributed by atoms with E-state index in [0.717, 1.165) is 139 Å². The number of aliphatic hydroxyl groups is 2. The zero-order chi connectivity index (χ0) is 94.7. The molecule has 24 nitrogen and oxygen atoms in total. The summed E-state index contributed by atoms with van der Waals surface area (Å²) in [5.41, 5.74) is -5.68. The molecule has 13 aliphatic carbocycles. The fourth-order valence-corrected chi connectivity index (χ4v) is 24.2. The molecule has 0 amide bonds. The number of fused-ring (bicyclic) bond motifs is 11. The average molecular weight is 2050 g/mol. The van der Waals surface area contributed by atoms with E-state index in [9.17, 15) is 58.2 Å². The number of rotatable bonds is 24. The van der Waals surface area contributed by atoms with Crippen molar-refractivity contribution in [2.24, 2.45) is 114 Å². The summed E-state index contributed by atoms with van der Waals surface area (Å²) in [4.78, 5) is 117. The maximum atomic E-state index is 12.7. The van der Waals surface area contributed by atoms with E-state index in [-0.39, 0.29) is 236 Å². The molecule has 24 heteroatoms. The van der Waals surface area contributed by atoms with Gasteiger partial charge in [-0.25, -0.2) is 0 Å². The second kappa shape index (κ2) is 56.1.